The quantitative estimate of drug-likeness (QED) is 0.0533. The molecule has 0 unspecified atom stereocenters. The minimum absolute atomic E-state index is 0.0581. The van der Waals surface area contributed by atoms with Crippen LogP contribution < -0.4 is 21.9 Å². The Hall–Kier alpha value is -3.59. The summed E-state index contributed by atoms with van der Waals surface area (Å²) < 4.78 is 6.44. The zero-order valence-corrected chi connectivity index (χ0v) is 35.8. The van der Waals surface area contributed by atoms with Crippen LogP contribution in [0.4, 0.5) is 0 Å². The Bertz CT molecular complexity index is 1520. The number of rotatable bonds is 23. The second-order valence-electron chi connectivity index (χ2n) is 15.9. The van der Waals surface area contributed by atoms with Crippen LogP contribution in [0.2, 0.25) is 0 Å². The minimum Gasteiger partial charge on any atom is -0.508 e. The first-order valence-corrected chi connectivity index (χ1v) is 21.6. The number of phenols is 1. The third kappa shape index (κ3) is 13.8. The highest BCUT2D eigenvalue weighted by molar-refractivity contribution is 7.09. The number of ether oxygens (including phenoxy) is 1. The first-order chi connectivity index (χ1) is 26.7. The molecule has 3 rings (SSSR count). The van der Waals surface area contributed by atoms with E-state index in [2.05, 4.69) is 41.7 Å². The number of aryl methyl sites for hydroxylation is 1. The normalized spacial score (nSPS) is 18.0. The molecular formula is C42H69N7O6S. The molecule has 2 aromatic rings. The van der Waals surface area contributed by atoms with Gasteiger partial charge in [-0.05, 0) is 88.1 Å². The van der Waals surface area contributed by atoms with Gasteiger partial charge in [0.05, 0.1) is 6.04 Å². The molecular weight excluding hydrogens is 731 g/mol. The number of aromatic hydroxyl groups is 1. The Morgan fingerprint density at radius 3 is 2.36 bits per heavy atom. The lowest BCUT2D eigenvalue weighted by Gasteiger charge is -2.40. The molecule has 0 radical (unpaired) electrons. The summed E-state index contributed by atoms with van der Waals surface area (Å²) in [5.74, 6) is 4.34. The number of nitrogens with zero attached hydrogens (tertiary/aromatic N) is 3. The lowest BCUT2D eigenvalue weighted by atomic mass is 9.92. The van der Waals surface area contributed by atoms with Gasteiger partial charge in [0, 0.05) is 43.0 Å². The van der Waals surface area contributed by atoms with Crippen LogP contribution in [0.15, 0.2) is 29.6 Å². The third-order valence-electron chi connectivity index (χ3n) is 11.1. The van der Waals surface area contributed by atoms with E-state index in [-0.39, 0.29) is 65.0 Å². The van der Waals surface area contributed by atoms with E-state index < -0.39 is 18.1 Å². The number of likely N-dealkylation sites (tertiary alicyclic amines) is 1. The zero-order valence-electron chi connectivity index (χ0n) is 35.0. The van der Waals surface area contributed by atoms with Gasteiger partial charge in [-0.25, -0.2) is 10.8 Å². The maximum atomic E-state index is 14.7. The van der Waals surface area contributed by atoms with Crippen molar-refractivity contribution in [2.75, 3.05) is 26.7 Å². The maximum absolute atomic E-state index is 14.7. The van der Waals surface area contributed by atoms with Crippen LogP contribution in [0.25, 0.3) is 0 Å². The summed E-state index contributed by atoms with van der Waals surface area (Å²) in [6, 6.07) is 5.47. The molecule has 1 saturated heterocycles. The van der Waals surface area contributed by atoms with E-state index in [9.17, 15) is 24.3 Å². The molecule has 1 aliphatic rings. The highest BCUT2D eigenvalue weighted by atomic mass is 32.1. The number of hydrogen-bond acceptors (Lipinski definition) is 10. The number of phenolic OH excluding ortho intramolecular Hbond substituents is 1. The summed E-state index contributed by atoms with van der Waals surface area (Å²) in [5, 5.41) is 18.4. The van der Waals surface area contributed by atoms with Crippen molar-refractivity contribution in [1.29, 1.82) is 0 Å². The molecule has 314 valence electrons. The summed E-state index contributed by atoms with van der Waals surface area (Å²) in [6.45, 7) is 16.0. The second-order valence-corrected chi connectivity index (χ2v) is 16.8. The van der Waals surface area contributed by atoms with Crippen molar-refractivity contribution in [2.24, 2.45) is 23.6 Å². The van der Waals surface area contributed by atoms with Crippen molar-refractivity contribution >= 4 is 35.0 Å². The van der Waals surface area contributed by atoms with Gasteiger partial charge < -0.3 is 25.4 Å². The molecule has 1 aromatic carbocycles. The summed E-state index contributed by atoms with van der Waals surface area (Å²) in [6.07, 6.45) is 6.70. The first kappa shape index (κ1) is 46.8. The Morgan fingerprint density at radius 2 is 1.75 bits per heavy atom. The monoisotopic (exact) mass is 800 g/mol. The standard InChI is InChI=1S/C42H69N7O6S/c1-9-21-49(42(54)37(28(6)11-3)46-40(53)34-14-12-13-22-48(34)8)35(27(4)5)25-36(55-23-10-2)41-45-33(26-56-41)39(52)44-31(24-29(7)38(51)47-43)18-15-30-16-19-32(50)20-17-30/h16-17,19-20,26-29,31,34-37,50H,9-15,18,21-25,43H2,1-8H3,(H,44,52)(H,46,53)(H,47,51)/t28-,29-,31-,34+,35+,36+,37-/m0/s1. The number of piperidine rings is 1. The number of carbonyl (C=O) groups excluding carboxylic acids is 4. The van der Waals surface area contributed by atoms with Crippen molar-refractivity contribution in [1.82, 2.24) is 30.8 Å². The van der Waals surface area contributed by atoms with Crippen LogP contribution in [-0.2, 0) is 25.5 Å². The summed E-state index contributed by atoms with van der Waals surface area (Å²) in [5.41, 5.74) is 3.46. The van der Waals surface area contributed by atoms with Crippen LogP contribution in [0.3, 0.4) is 0 Å². The summed E-state index contributed by atoms with van der Waals surface area (Å²) >= 11 is 1.36. The fourth-order valence-corrected chi connectivity index (χ4v) is 8.26. The Balaban J connectivity index is 1.85. The number of thiazole rings is 1. The average Bonchev–Trinajstić information content (AvgIpc) is 3.68. The average molecular weight is 800 g/mol. The third-order valence-corrected chi connectivity index (χ3v) is 12.0. The van der Waals surface area contributed by atoms with Gasteiger partial charge in [0.15, 0.2) is 0 Å². The molecule has 0 spiro atoms. The number of aromatic nitrogens is 1. The van der Waals surface area contributed by atoms with Gasteiger partial charge in [-0.3, -0.25) is 29.5 Å². The number of carbonyl (C=O) groups is 4. The first-order valence-electron chi connectivity index (χ1n) is 20.7. The topological polar surface area (TPSA) is 179 Å². The Labute approximate surface area is 338 Å². The van der Waals surface area contributed by atoms with Gasteiger partial charge >= 0.3 is 0 Å². The predicted molar refractivity (Wildman–Crippen MR) is 222 cm³/mol. The van der Waals surface area contributed by atoms with Crippen molar-refractivity contribution in [2.45, 2.75) is 143 Å². The highest BCUT2D eigenvalue weighted by Gasteiger charge is 2.38. The summed E-state index contributed by atoms with van der Waals surface area (Å²) in [7, 11) is 1.98. The van der Waals surface area contributed by atoms with E-state index in [4.69, 9.17) is 15.6 Å². The highest BCUT2D eigenvalue weighted by Crippen LogP contribution is 2.32. The smallest absolute Gasteiger partial charge is 0.270 e. The van der Waals surface area contributed by atoms with Crippen LogP contribution in [0, 0.1) is 17.8 Å². The van der Waals surface area contributed by atoms with Gasteiger partial charge in [0.1, 0.15) is 28.6 Å². The van der Waals surface area contributed by atoms with Crippen LogP contribution in [-0.4, -0.2) is 94.4 Å². The van der Waals surface area contributed by atoms with Gasteiger partial charge in [-0.15, -0.1) is 11.3 Å². The Kier molecular flexibility index (Phi) is 19.7. The molecule has 0 saturated carbocycles. The van der Waals surface area contributed by atoms with E-state index in [1.54, 1.807) is 24.4 Å². The molecule has 0 bridgehead atoms. The maximum Gasteiger partial charge on any atom is 0.270 e. The molecule has 6 N–H and O–H groups in total. The number of hydrogen-bond donors (Lipinski definition) is 5. The van der Waals surface area contributed by atoms with Gasteiger partial charge in [0.25, 0.3) is 5.91 Å². The van der Waals surface area contributed by atoms with E-state index in [0.29, 0.717) is 43.8 Å². The van der Waals surface area contributed by atoms with Gasteiger partial charge in [0.2, 0.25) is 17.7 Å². The molecule has 1 fully saturated rings. The Morgan fingerprint density at radius 1 is 1.04 bits per heavy atom. The van der Waals surface area contributed by atoms with Crippen molar-refractivity contribution in [3.63, 3.8) is 0 Å². The van der Waals surface area contributed by atoms with E-state index in [0.717, 1.165) is 50.6 Å². The van der Waals surface area contributed by atoms with E-state index in [1.807, 2.05) is 44.9 Å². The number of likely N-dealkylation sites (N-methyl/N-ethyl adjacent to an activating group) is 1. The number of nitrogens with one attached hydrogen (secondary N) is 3. The van der Waals surface area contributed by atoms with Crippen molar-refractivity contribution < 1.29 is 29.0 Å². The lowest BCUT2D eigenvalue weighted by Crippen LogP contribution is -2.58. The minimum atomic E-state index is -0.651. The summed E-state index contributed by atoms with van der Waals surface area (Å²) in [4.78, 5) is 63.2. The number of benzene rings is 1. The molecule has 4 amide bonds. The molecule has 13 nitrogen and oxygen atoms in total. The van der Waals surface area contributed by atoms with Gasteiger partial charge in [-0.1, -0.05) is 73.4 Å². The largest absolute Gasteiger partial charge is 0.508 e. The fourth-order valence-electron chi connectivity index (χ4n) is 7.40. The fraction of sp³-hybridized carbons (Fsp3) is 0.690. The van der Waals surface area contributed by atoms with Crippen molar-refractivity contribution in [3.05, 3.63) is 45.9 Å². The van der Waals surface area contributed by atoms with Crippen molar-refractivity contribution in [3.8, 4) is 5.75 Å². The number of amides is 4. The zero-order chi connectivity index (χ0) is 41.4. The molecule has 0 aliphatic carbocycles. The van der Waals surface area contributed by atoms with Crippen LogP contribution in [0.5, 0.6) is 5.75 Å². The number of nitrogens with two attached hydrogens (primary N) is 1. The number of hydrazine groups is 1. The molecule has 1 aliphatic heterocycles. The van der Waals surface area contributed by atoms with Crippen LogP contribution in [0.1, 0.15) is 133 Å². The molecule has 7 atom stereocenters. The van der Waals surface area contributed by atoms with Crippen LogP contribution >= 0.6 is 11.3 Å². The molecule has 1 aromatic heterocycles. The van der Waals surface area contributed by atoms with E-state index in [1.165, 1.54) is 11.3 Å². The molecule has 56 heavy (non-hydrogen) atoms. The van der Waals surface area contributed by atoms with Gasteiger partial charge in [-0.2, -0.15) is 0 Å². The molecule has 2 heterocycles. The molecule has 14 heteroatoms. The lowest BCUT2D eigenvalue weighted by molar-refractivity contribution is -0.143. The van der Waals surface area contributed by atoms with E-state index >= 15 is 0 Å². The second kappa shape index (κ2) is 23.6. The SMILES string of the molecule is CCCO[C@H](C[C@H](C(C)C)N(CCC)C(=O)[C@@H](NC(=O)[C@H]1CCCCN1C)[C@@H](C)CC)c1nc(C(=O)N[C@@H](CCc2ccc(O)cc2)C[C@H](C)C(=O)NN)cs1. The predicted octanol–water partition coefficient (Wildman–Crippen LogP) is 5.73.